The Kier molecular flexibility index (Phi) is 21.7. The maximum Gasteiger partial charge on any atom is 0.235 e. The normalized spacial score (nSPS) is 12.7. The van der Waals surface area contributed by atoms with Crippen molar-refractivity contribution in [2.75, 3.05) is 0 Å². The lowest BCUT2D eigenvalue weighted by molar-refractivity contribution is 0.107. The smallest absolute Gasteiger partial charge is 0.235 e. The van der Waals surface area contributed by atoms with Crippen LogP contribution < -0.4 is 33.8 Å². The molecule has 0 amide bonds. The third-order valence-electron chi connectivity index (χ3n) is 16.9. The molecule has 0 spiro atoms. The van der Waals surface area contributed by atoms with Crippen LogP contribution in [0.3, 0.4) is 0 Å². The van der Waals surface area contributed by atoms with Gasteiger partial charge in [0.1, 0.15) is 85.5 Å². The summed E-state index contributed by atoms with van der Waals surface area (Å²) in [4.78, 5) is 13.4. The quantitative estimate of drug-likeness (QED) is 0.0691. The standard InChI is InChI=1S/C30H24O4.2C30H26O3/c1-21-12-17-26-27(18-21)34-29(30(28(26)31)33-20-23-10-6-3-7-11-23)24-13-15-25(16-14-24)32-19-22-8-4-2-5-9-22;2*1-22-12-13-26-19-29(32-21-24-10-6-3-7-11-24)30(33-28(26)18-22)25-14-16-27(17-15-25)31-20-23-8-4-2-5-9-23/h2-18H,19-20H2,1H3;2-18H,19-21H2,1H3;2-19,30H,20-21H2,1H3. The molecule has 0 saturated heterocycles. The molecule has 0 fully saturated rings. The number of aryl methyl sites for hydroxylation is 3. The first-order valence-electron chi connectivity index (χ1n) is 33.5. The van der Waals surface area contributed by atoms with Crippen LogP contribution in [0.5, 0.6) is 34.5 Å². The van der Waals surface area contributed by atoms with Crippen molar-refractivity contribution in [2.24, 2.45) is 0 Å². The van der Waals surface area contributed by atoms with Crippen LogP contribution in [0.1, 0.15) is 78.4 Å². The zero-order valence-corrected chi connectivity index (χ0v) is 56.1. The van der Waals surface area contributed by atoms with Gasteiger partial charge in [0, 0.05) is 34.2 Å². The average molecular weight is 1320 g/mol. The van der Waals surface area contributed by atoms with Gasteiger partial charge in [0.15, 0.2) is 17.6 Å². The molecule has 12 aromatic carbocycles. The first-order chi connectivity index (χ1) is 49.2. The second-order valence-corrected chi connectivity index (χ2v) is 24.6. The van der Waals surface area contributed by atoms with Crippen LogP contribution in [0.2, 0.25) is 0 Å². The summed E-state index contributed by atoms with van der Waals surface area (Å²) in [5.74, 6) is 7.16. The molecule has 15 rings (SSSR count). The van der Waals surface area contributed by atoms with Crippen molar-refractivity contribution in [2.45, 2.75) is 72.9 Å². The number of rotatable bonds is 21. The van der Waals surface area contributed by atoms with Gasteiger partial charge >= 0.3 is 0 Å². The van der Waals surface area contributed by atoms with Gasteiger partial charge in [-0.1, -0.05) is 224 Å². The molecule has 0 saturated carbocycles. The van der Waals surface area contributed by atoms with Crippen molar-refractivity contribution in [3.63, 3.8) is 0 Å². The predicted octanol–water partition coefficient (Wildman–Crippen LogP) is 21.3. The molecule has 3 heterocycles. The minimum Gasteiger partial charge on any atom is -0.489 e. The highest BCUT2D eigenvalue weighted by molar-refractivity contribution is 5.82. The molecule has 0 N–H and O–H groups in total. The monoisotopic (exact) mass is 1320 g/mol. The molecule has 100 heavy (non-hydrogen) atoms. The zero-order valence-electron chi connectivity index (χ0n) is 56.1. The van der Waals surface area contributed by atoms with Crippen molar-refractivity contribution < 1.29 is 42.3 Å². The van der Waals surface area contributed by atoms with E-state index >= 15 is 0 Å². The minimum atomic E-state index is -0.314. The molecule has 0 bridgehead atoms. The van der Waals surface area contributed by atoms with Gasteiger partial charge in [-0.2, -0.15) is 0 Å². The Bertz CT molecular complexity index is 4930. The summed E-state index contributed by atoms with van der Waals surface area (Å²) in [6, 6.07) is 102. The molecule has 2 aliphatic rings. The molecule has 2 aliphatic heterocycles. The second kappa shape index (κ2) is 32.6. The van der Waals surface area contributed by atoms with E-state index in [1.807, 2.05) is 225 Å². The highest BCUT2D eigenvalue weighted by Gasteiger charge is 2.28. The van der Waals surface area contributed by atoms with E-state index in [0.717, 1.165) is 113 Å². The average Bonchev–Trinajstić information content (AvgIpc) is 0.741. The molecule has 0 aliphatic carbocycles. The Morgan fingerprint density at radius 2 is 0.790 bits per heavy atom. The summed E-state index contributed by atoms with van der Waals surface area (Å²) >= 11 is 0. The van der Waals surface area contributed by atoms with Gasteiger partial charge in [0.2, 0.25) is 11.2 Å². The second-order valence-electron chi connectivity index (χ2n) is 24.6. The number of hydrogen-bond donors (Lipinski definition) is 0. The number of hydrogen-bond acceptors (Lipinski definition) is 10. The third-order valence-corrected chi connectivity index (χ3v) is 16.9. The van der Waals surface area contributed by atoms with Gasteiger partial charge in [-0.05, 0) is 162 Å². The predicted molar refractivity (Wildman–Crippen MR) is 396 cm³/mol. The van der Waals surface area contributed by atoms with E-state index in [9.17, 15) is 4.79 Å². The van der Waals surface area contributed by atoms with Gasteiger partial charge in [-0.25, -0.2) is 0 Å². The van der Waals surface area contributed by atoms with Crippen LogP contribution in [-0.4, -0.2) is 0 Å². The molecule has 1 atom stereocenters. The molecule has 1 unspecified atom stereocenters. The molecular weight excluding hydrogens is 1240 g/mol. The third kappa shape index (κ3) is 17.7. The minimum absolute atomic E-state index is 0.184. The van der Waals surface area contributed by atoms with E-state index in [0.29, 0.717) is 56.2 Å². The van der Waals surface area contributed by atoms with Gasteiger partial charge in [-0.15, -0.1) is 0 Å². The Morgan fingerprint density at radius 3 is 1.29 bits per heavy atom. The van der Waals surface area contributed by atoms with E-state index < -0.39 is 0 Å². The summed E-state index contributed by atoms with van der Waals surface area (Å²) in [5.41, 5.74) is 15.2. The molecule has 10 heteroatoms. The van der Waals surface area contributed by atoms with Crippen molar-refractivity contribution in [1.82, 2.24) is 0 Å². The van der Waals surface area contributed by atoms with Gasteiger partial charge in [0.25, 0.3) is 0 Å². The summed E-state index contributed by atoms with van der Waals surface area (Å²) in [6.07, 6.45) is 2.47. The van der Waals surface area contributed by atoms with Crippen molar-refractivity contribution in [3.05, 3.63) is 403 Å². The molecule has 0 radical (unpaired) electrons. The number of ether oxygens (including phenoxy) is 8. The Labute approximate surface area is 584 Å². The van der Waals surface area contributed by atoms with E-state index in [1.165, 1.54) is 11.1 Å². The zero-order chi connectivity index (χ0) is 68.2. The van der Waals surface area contributed by atoms with Gasteiger partial charge < -0.3 is 42.3 Å². The lowest BCUT2D eigenvalue weighted by Crippen LogP contribution is -2.17. The van der Waals surface area contributed by atoms with E-state index in [1.54, 1.807) is 6.07 Å². The first-order valence-corrected chi connectivity index (χ1v) is 33.5. The lowest BCUT2D eigenvalue weighted by Gasteiger charge is -2.28. The number of allylic oxidation sites excluding steroid dienone is 1. The molecule has 1 aromatic heterocycles. The highest BCUT2D eigenvalue weighted by atomic mass is 16.5. The van der Waals surface area contributed by atoms with Gasteiger partial charge in [0.05, 0.1) is 5.39 Å². The summed E-state index contributed by atoms with van der Waals surface area (Å²) in [7, 11) is 0. The molecule has 13 aromatic rings. The summed E-state index contributed by atoms with van der Waals surface area (Å²) in [6.45, 7) is 8.95. The highest BCUT2D eigenvalue weighted by Crippen LogP contribution is 2.41. The summed E-state index contributed by atoms with van der Waals surface area (Å²) in [5, 5.41) is 0.500. The van der Waals surface area contributed by atoms with Crippen molar-refractivity contribution in [1.29, 1.82) is 0 Å². The van der Waals surface area contributed by atoms with E-state index in [-0.39, 0.29) is 23.9 Å². The fourth-order valence-electron chi connectivity index (χ4n) is 11.5. The Hall–Kier alpha value is -12.3. The van der Waals surface area contributed by atoms with Crippen LogP contribution in [0.25, 0.3) is 34.1 Å². The fraction of sp³-hybridized carbons (Fsp3) is 0.122. The lowest BCUT2D eigenvalue weighted by atomic mass is 10.0. The fourth-order valence-corrected chi connectivity index (χ4v) is 11.5. The van der Waals surface area contributed by atoms with Crippen LogP contribution in [0.15, 0.2) is 330 Å². The van der Waals surface area contributed by atoms with Crippen molar-refractivity contribution >= 4 is 22.8 Å². The van der Waals surface area contributed by atoms with Crippen LogP contribution in [0, 0.1) is 20.8 Å². The van der Waals surface area contributed by atoms with Crippen molar-refractivity contribution in [3.8, 4) is 45.8 Å². The van der Waals surface area contributed by atoms with Crippen LogP contribution >= 0.6 is 0 Å². The Balaban J connectivity index is 0.000000134. The Morgan fingerprint density at radius 1 is 0.380 bits per heavy atom. The first kappa shape index (κ1) is 66.3. The van der Waals surface area contributed by atoms with Crippen LogP contribution in [0.4, 0.5) is 0 Å². The summed E-state index contributed by atoms with van der Waals surface area (Å²) < 4.78 is 55.4. The largest absolute Gasteiger partial charge is 0.489 e. The van der Waals surface area contributed by atoms with E-state index in [4.69, 9.17) is 42.3 Å². The van der Waals surface area contributed by atoms with Gasteiger partial charge in [-0.3, -0.25) is 4.79 Å². The molecular formula is C90H76O10. The number of fused-ring (bicyclic) bond motifs is 3. The van der Waals surface area contributed by atoms with E-state index in [2.05, 4.69) is 105 Å². The topological polar surface area (TPSA) is 104 Å². The SMILES string of the molecule is Cc1ccc2c(=O)c(OCc3ccccc3)c(-c3ccc(OCc4ccccc4)cc3)oc2c1.Cc1ccc2c(c1)OC(c1ccc(OCc3ccccc3)cc1)=C(OCc1ccccc1)C2.Cc1ccc2c(c1)OC(c1ccc(OCc3ccccc3)cc1)C(OCc1ccccc1)=C2. The van der Waals surface area contributed by atoms with Crippen LogP contribution in [-0.2, 0) is 55.5 Å². The number of benzene rings is 12. The maximum atomic E-state index is 13.4. The molecule has 10 nitrogen and oxygen atoms in total. The maximum absolute atomic E-state index is 13.4. The molecule has 496 valence electrons.